The summed E-state index contributed by atoms with van der Waals surface area (Å²) in [5.41, 5.74) is 9.51. The minimum absolute atomic E-state index is 0.249. The molecule has 96 valence electrons. The molecule has 2 nitrogen and oxygen atoms in total. The first kappa shape index (κ1) is 13.2. The predicted molar refractivity (Wildman–Crippen MR) is 78.9 cm³/mol. The Morgan fingerprint density at radius 1 is 1.28 bits per heavy atom. The molecule has 0 amide bonds. The van der Waals surface area contributed by atoms with Crippen molar-refractivity contribution >= 4 is 11.3 Å². The molecular formula is C15H20N2S. The van der Waals surface area contributed by atoms with Gasteiger partial charge in [0.05, 0.1) is 5.69 Å². The van der Waals surface area contributed by atoms with Gasteiger partial charge in [-0.2, -0.15) is 0 Å². The second-order valence-electron chi connectivity index (χ2n) is 4.71. The van der Waals surface area contributed by atoms with E-state index < -0.39 is 0 Å². The van der Waals surface area contributed by atoms with Crippen LogP contribution >= 0.6 is 11.3 Å². The van der Waals surface area contributed by atoms with Crippen LogP contribution in [-0.4, -0.2) is 11.0 Å². The SMILES string of the molecule is CCc1ccc(-c2nc(CCC(C)N)cs2)cc1. The molecule has 3 heteroatoms. The lowest BCUT2D eigenvalue weighted by Gasteiger charge is -2.01. The molecule has 0 saturated heterocycles. The highest BCUT2D eigenvalue weighted by Gasteiger charge is 2.05. The zero-order chi connectivity index (χ0) is 13.0. The van der Waals surface area contributed by atoms with E-state index in [0.29, 0.717) is 0 Å². The molecule has 1 atom stereocenters. The third-order valence-corrected chi connectivity index (χ3v) is 3.96. The minimum Gasteiger partial charge on any atom is -0.328 e. The summed E-state index contributed by atoms with van der Waals surface area (Å²) in [6.45, 7) is 4.21. The summed E-state index contributed by atoms with van der Waals surface area (Å²) in [7, 11) is 0. The van der Waals surface area contributed by atoms with Crippen molar-refractivity contribution in [2.45, 2.75) is 39.2 Å². The number of nitrogens with zero attached hydrogens (tertiary/aromatic N) is 1. The molecule has 0 fully saturated rings. The summed E-state index contributed by atoms with van der Waals surface area (Å²) in [4.78, 5) is 4.67. The van der Waals surface area contributed by atoms with E-state index in [1.165, 1.54) is 11.1 Å². The summed E-state index contributed by atoms with van der Waals surface area (Å²) in [5.74, 6) is 0. The maximum atomic E-state index is 5.77. The first-order chi connectivity index (χ1) is 8.69. The molecule has 2 aromatic rings. The van der Waals surface area contributed by atoms with E-state index in [-0.39, 0.29) is 6.04 Å². The predicted octanol–water partition coefficient (Wildman–Crippen LogP) is 3.65. The van der Waals surface area contributed by atoms with E-state index in [1.54, 1.807) is 11.3 Å². The summed E-state index contributed by atoms with van der Waals surface area (Å²) < 4.78 is 0. The van der Waals surface area contributed by atoms with Crippen LogP contribution in [0.25, 0.3) is 10.6 Å². The molecule has 0 bridgehead atoms. The minimum atomic E-state index is 0.249. The average molecular weight is 260 g/mol. The van der Waals surface area contributed by atoms with Crippen molar-refractivity contribution in [1.82, 2.24) is 4.98 Å². The van der Waals surface area contributed by atoms with Crippen LogP contribution in [0.2, 0.25) is 0 Å². The van der Waals surface area contributed by atoms with Crippen LogP contribution in [0, 0.1) is 0 Å². The average Bonchev–Trinajstić information content (AvgIpc) is 2.85. The normalized spacial score (nSPS) is 12.6. The molecule has 2 N–H and O–H groups in total. The van der Waals surface area contributed by atoms with Crippen molar-refractivity contribution in [3.63, 3.8) is 0 Å². The Morgan fingerprint density at radius 3 is 2.61 bits per heavy atom. The Kier molecular flexibility index (Phi) is 4.50. The van der Waals surface area contributed by atoms with E-state index in [4.69, 9.17) is 5.73 Å². The highest BCUT2D eigenvalue weighted by molar-refractivity contribution is 7.13. The number of rotatable bonds is 5. The molecule has 1 aromatic carbocycles. The second-order valence-corrected chi connectivity index (χ2v) is 5.57. The number of aryl methyl sites for hydroxylation is 2. The largest absolute Gasteiger partial charge is 0.328 e. The molecule has 1 aromatic heterocycles. The Hall–Kier alpha value is -1.19. The van der Waals surface area contributed by atoms with Gasteiger partial charge in [0, 0.05) is 17.0 Å². The van der Waals surface area contributed by atoms with E-state index in [0.717, 1.165) is 30.0 Å². The zero-order valence-electron chi connectivity index (χ0n) is 11.0. The lowest BCUT2D eigenvalue weighted by molar-refractivity contribution is 0.660. The van der Waals surface area contributed by atoms with Gasteiger partial charge in [0.1, 0.15) is 5.01 Å². The number of hydrogen-bond donors (Lipinski definition) is 1. The number of hydrogen-bond acceptors (Lipinski definition) is 3. The third kappa shape index (κ3) is 3.40. The zero-order valence-corrected chi connectivity index (χ0v) is 11.8. The fourth-order valence-corrected chi connectivity index (χ4v) is 2.67. The Morgan fingerprint density at radius 2 is 2.00 bits per heavy atom. The topological polar surface area (TPSA) is 38.9 Å². The van der Waals surface area contributed by atoms with Gasteiger partial charge in [-0.05, 0) is 31.7 Å². The maximum absolute atomic E-state index is 5.77. The van der Waals surface area contributed by atoms with Crippen LogP contribution in [0.3, 0.4) is 0 Å². The molecular weight excluding hydrogens is 240 g/mol. The van der Waals surface area contributed by atoms with Gasteiger partial charge >= 0.3 is 0 Å². The van der Waals surface area contributed by atoms with E-state index in [1.807, 2.05) is 6.92 Å². The van der Waals surface area contributed by atoms with Crippen LogP contribution < -0.4 is 5.73 Å². The van der Waals surface area contributed by atoms with E-state index in [9.17, 15) is 0 Å². The van der Waals surface area contributed by atoms with Gasteiger partial charge < -0.3 is 5.73 Å². The van der Waals surface area contributed by atoms with Gasteiger partial charge in [0.25, 0.3) is 0 Å². The molecule has 0 saturated carbocycles. The second kappa shape index (κ2) is 6.12. The summed E-state index contributed by atoms with van der Waals surface area (Å²) in [5, 5.41) is 3.25. The quantitative estimate of drug-likeness (QED) is 0.891. The smallest absolute Gasteiger partial charge is 0.123 e. The molecule has 2 rings (SSSR count). The van der Waals surface area contributed by atoms with Crippen molar-refractivity contribution < 1.29 is 0 Å². The molecule has 1 heterocycles. The van der Waals surface area contributed by atoms with Crippen molar-refractivity contribution in [3.8, 4) is 10.6 Å². The summed E-state index contributed by atoms with van der Waals surface area (Å²) >= 11 is 1.72. The van der Waals surface area contributed by atoms with Crippen LogP contribution in [0.15, 0.2) is 29.6 Å². The van der Waals surface area contributed by atoms with Gasteiger partial charge in [0.2, 0.25) is 0 Å². The van der Waals surface area contributed by atoms with Crippen LogP contribution in [0.4, 0.5) is 0 Å². The highest BCUT2D eigenvalue weighted by atomic mass is 32.1. The van der Waals surface area contributed by atoms with E-state index >= 15 is 0 Å². The summed E-state index contributed by atoms with van der Waals surface area (Å²) in [6, 6.07) is 8.93. The monoisotopic (exact) mass is 260 g/mol. The van der Waals surface area contributed by atoms with Crippen molar-refractivity contribution in [1.29, 1.82) is 0 Å². The Balaban J connectivity index is 2.08. The number of aromatic nitrogens is 1. The molecule has 0 aliphatic carbocycles. The standard InChI is InChI=1S/C15H20N2S/c1-3-12-5-7-13(8-6-12)15-17-14(10-18-15)9-4-11(2)16/h5-8,10-11H,3-4,9,16H2,1-2H3. The fraction of sp³-hybridized carbons (Fsp3) is 0.400. The van der Waals surface area contributed by atoms with Gasteiger partial charge in [-0.25, -0.2) is 4.98 Å². The van der Waals surface area contributed by atoms with Crippen molar-refractivity contribution in [2.24, 2.45) is 5.73 Å². The van der Waals surface area contributed by atoms with Crippen LogP contribution in [0.1, 0.15) is 31.5 Å². The lowest BCUT2D eigenvalue weighted by atomic mass is 10.1. The molecule has 0 spiro atoms. The molecule has 0 radical (unpaired) electrons. The lowest BCUT2D eigenvalue weighted by Crippen LogP contribution is -2.15. The molecule has 0 aliphatic heterocycles. The number of nitrogens with two attached hydrogens (primary N) is 1. The van der Waals surface area contributed by atoms with Gasteiger partial charge in [0.15, 0.2) is 0 Å². The maximum Gasteiger partial charge on any atom is 0.123 e. The number of thiazole rings is 1. The van der Waals surface area contributed by atoms with Gasteiger partial charge in [-0.15, -0.1) is 11.3 Å². The van der Waals surface area contributed by atoms with Gasteiger partial charge in [-0.3, -0.25) is 0 Å². The van der Waals surface area contributed by atoms with Crippen LogP contribution in [0.5, 0.6) is 0 Å². The fourth-order valence-electron chi connectivity index (χ4n) is 1.81. The molecule has 1 unspecified atom stereocenters. The molecule has 0 aliphatic rings. The third-order valence-electron chi connectivity index (χ3n) is 3.02. The van der Waals surface area contributed by atoms with Gasteiger partial charge in [-0.1, -0.05) is 31.2 Å². The van der Waals surface area contributed by atoms with Crippen LogP contribution in [-0.2, 0) is 12.8 Å². The number of benzene rings is 1. The van der Waals surface area contributed by atoms with Crippen molar-refractivity contribution in [3.05, 3.63) is 40.9 Å². The highest BCUT2D eigenvalue weighted by Crippen LogP contribution is 2.24. The van der Waals surface area contributed by atoms with E-state index in [2.05, 4.69) is 41.6 Å². The molecule has 18 heavy (non-hydrogen) atoms. The first-order valence-corrected chi connectivity index (χ1v) is 7.36. The Labute approximate surface area is 113 Å². The Bertz CT molecular complexity index is 485. The summed E-state index contributed by atoms with van der Waals surface area (Å²) in [6.07, 6.45) is 3.05. The first-order valence-electron chi connectivity index (χ1n) is 6.48. The van der Waals surface area contributed by atoms with Crippen molar-refractivity contribution in [2.75, 3.05) is 0 Å².